The molecule has 0 saturated heterocycles. The van der Waals surface area contributed by atoms with Crippen LogP contribution in [0.25, 0.3) is 0 Å². The van der Waals surface area contributed by atoms with E-state index >= 15 is 0 Å². The number of non-ortho nitro benzene ring substituents is 1. The summed E-state index contributed by atoms with van der Waals surface area (Å²) in [6.07, 6.45) is 1.10. The fourth-order valence-electron chi connectivity index (χ4n) is 2.82. The van der Waals surface area contributed by atoms with Crippen molar-refractivity contribution < 1.29 is 19.9 Å². The minimum atomic E-state index is -1.21. The van der Waals surface area contributed by atoms with Crippen molar-refractivity contribution in [2.24, 2.45) is 4.99 Å². The summed E-state index contributed by atoms with van der Waals surface area (Å²) in [5.41, 5.74) is 3.79. The average Bonchev–Trinajstić information content (AvgIpc) is 2.63. The predicted molar refractivity (Wildman–Crippen MR) is 105 cm³/mol. The molecule has 3 rings (SSSR count). The van der Waals surface area contributed by atoms with Gasteiger partial charge < -0.3 is 5.11 Å². The number of nitrogens with zero attached hydrogens (tertiary/aromatic N) is 4. The molecule has 0 bridgehead atoms. The highest BCUT2D eigenvalue weighted by Gasteiger charge is 2.30. The van der Waals surface area contributed by atoms with E-state index in [1.54, 1.807) is 0 Å². The van der Waals surface area contributed by atoms with Gasteiger partial charge in [-0.1, -0.05) is 6.07 Å². The molecule has 0 atom stereocenters. The third-order valence-electron chi connectivity index (χ3n) is 4.50. The summed E-state index contributed by atoms with van der Waals surface area (Å²) in [5.74, 6) is -1.21. The molecule has 0 aliphatic carbocycles. The second-order valence-corrected chi connectivity index (χ2v) is 6.41. The fraction of sp³-hybridized carbons (Fsp3) is 0.278. The SMILES string of the molecule is CC1=NCCc2cc(C)c(C)cc21.O=[N+]([O-])c1cc([N+](=O)[O-])c(O)c([N+](=O)[O-])c1. The molecular formula is C18H18N4O7. The number of hydrogen-bond acceptors (Lipinski definition) is 8. The topological polar surface area (TPSA) is 162 Å². The number of nitro groups is 3. The number of phenolic OH excluding ortho intramolecular Hbond substituents is 1. The Morgan fingerprint density at radius 2 is 1.38 bits per heavy atom. The lowest BCUT2D eigenvalue weighted by Gasteiger charge is -2.16. The van der Waals surface area contributed by atoms with E-state index in [2.05, 4.69) is 37.9 Å². The van der Waals surface area contributed by atoms with Crippen LogP contribution in [0.5, 0.6) is 5.75 Å². The fourth-order valence-corrected chi connectivity index (χ4v) is 2.82. The molecule has 11 heteroatoms. The Bertz CT molecular complexity index is 1010. The molecule has 0 saturated carbocycles. The van der Waals surface area contributed by atoms with Gasteiger partial charge in [0, 0.05) is 12.3 Å². The van der Waals surface area contributed by atoms with Gasteiger partial charge in [0.15, 0.2) is 0 Å². The first kappa shape index (κ1) is 21.4. The van der Waals surface area contributed by atoms with Crippen LogP contribution in [0.4, 0.5) is 17.1 Å². The van der Waals surface area contributed by atoms with Crippen LogP contribution < -0.4 is 0 Å². The van der Waals surface area contributed by atoms with E-state index in [0.29, 0.717) is 12.1 Å². The van der Waals surface area contributed by atoms with Crippen molar-refractivity contribution in [1.29, 1.82) is 0 Å². The van der Waals surface area contributed by atoms with Crippen molar-refractivity contribution >= 4 is 22.8 Å². The summed E-state index contributed by atoms with van der Waals surface area (Å²) in [6.45, 7) is 7.41. The zero-order chi connectivity index (χ0) is 21.9. The van der Waals surface area contributed by atoms with Gasteiger partial charge in [-0.25, -0.2) is 0 Å². The molecule has 29 heavy (non-hydrogen) atoms. The van der Waals surface area contributed by atoms with Crippen LogP contribution in [0.15, 0.2) is 29.3 Å². The lowest BCUT2D eigenvalue weighted by molar-refractivity contribution is -0.404. The number of aromatic hydroxyl groups is 1. The van der Waals surface area contributed by atoms with E-state index in [9.17, 15) is 30.3 Å². The number of aryl methyl sites for hydroxylation is 2. The maximum atomic E-state index is 10.4. The molecule has 0 aromatic heterocycles. The molecule has 0 radical (unpaired) electrons. The second kappa shape index (κ2) is 8.42. The first-order chi connectivity index (χ1) is 13.5. The standard InChI is InChI=1S/C12H15N.C6H3N3O7/c1-8-6-11-4-5-13-10(3)12(11)7-9(8)2;10-6-4(8(13)14)1-3(7(11)12)2-5(6)9(15)16/h6-7H,4-5H2,1-3H3;1-2,10H. The lowest BCUT2D eigenvalue weighted by Crippen LogP contribution is -2.10. The number of hydrogen-bond donors (Lipinski definition) is 1. The number of rotatable bonds is 3. The molecule has 0 spiro atoms. The molecule has 11 nitrogen and oxygen atoms in total. The Balaban J connectivity index is 0.000000211. The molecule has 0 fully saturated rings. The monoisotopic (exact) mass is 402 g/mol. The van der Waals surface area contributed by atoms with Crippen molar-refractivity contribution in [1.82, 2.24) is 0 Å². The Kier molecular flexibility index (Phi) is 6.22. The summed E-state index contributed by atoms with van der Waals surface area (Å²) in [4.78, 5) is 32.2. The zero-order valence-electron chi connectivity index (χ0n) is 15.9. The van der Waals surface area contributed by atoms with Crippen LogP contribution in [0.2, 0.25) is 0 Å². The molecule has 2 aromatic rings. The lowest BCUT2D eigenvalue weighted by atomic mass is 9.94. The Morgan fingerprint density at radius 1 is 0.862 bits per heavy atom. The van der Waals surface area contributed by atoms with Gasteiger partial charge >= 0.3 is 11.4 Å². The van der Waals surface area contributed by atoms with Crippen molar-refractivity contribution in [3.05, 3.63) is 76.9 Å². The van der Waals surface area contributed by atoms with Gasteiger partial charge in [0.2, 0.25) is 0 Å². The van der Waals surface area contributed by atoms with E-state index < -0.39 is 37.6 Å². The van der Waals surface area contributed by atoms with Gasteiger partial charge in [-0.2, -0.15) is 0 Å². The Hall–Kier alpha value is -3.89. The molecule has 2 aromatic carbocycles. The van der Waals surface area contributed by atoms with Crippen LogP contribution in [0, 0.1) is 44.2 Å². The number of benzene rings is 2. The minimum Gasteiger partial charge on any atom is -0.497 e. The average molecular weight is 402 g/mol. The van der Waals surface area contributed by atoms with Crippen molar-refractivity contribution in [3.63, 3.8) is 0 Å². The summed E-state index contributed by atoms with van der Waals surface area (Å²) in [5, 5.41) is 40.2. The van der Waals surface area contributed by atoms with Gasteiger partial charge in [0.05, 0.1) is 26.9 Å². The van der Waals surface area contributed by atoms with Gasteiger partial charge in [-0.05, 0) is 55.5 Å². The summed E-state index contributed by atoms with van der Waals surface area (Å²) >= 11 is 0. The van der Waals surface area contributed by atoms with Crippen molar-refractivity contribution in [2.45, 2.75) is 27.2 Å². The third kappa shape index (κ3) is 4.69. The number of fused-ring (bicyclic) bond motifs is 1. The van der Waals surface area contributed by atoms with Crippen LogP contribution in [0.1, 0.15) is 29.2 Å². The van der Waals surface area contributed by atoms with Crippen molar-refractivity contribution in [3.8, 4) is 5.75 Å². The van der Waals surface area contributed by atoms with Crippen LogP contribution in [-0.4, -0.2) is 32.1 Å². The molecule has 0 unspecified atom stereocenters. The van der Waals surface area contributed by atoms with Gasteiger partial charge in [0.1, 0.15) is 0 Å². The summed E-state index contributed by atoms with van der Waals surface area (Å²) in [7, 11) is 0. The smallest absolute Gasteiger partial charge is 0.324 e. The first-order valence-corrected chi connectivity index (χ1v) is 8.44. The van der Waals surface area contributed by atoms with E-state index in [-0.39, 0.29) is 0 Å². The Morgan fingerprint density at radius 3 is 1.86 bits per heavy atom. The highest BCUT2D eigenvalue weighted by Crippen LogP contribution is 2.38. The quantitative estimate of drug-likeness (QED) is 0.603. The second-order valence-electron chi connectivity index (χ2n) is 6.41. The highest BCUT2D eigenvalue weighted by atomic mass is 16.6. The zero-order valence-corrected chi connectivity index (χ0v) is 15.9. The van der Waals surface area contributed by atoms with Crippen molar-refractivity contribution in [2.75, 3.05) is 6.54 Å². The summed E-state index contributed by atoms with van der Waals surface area (Å²) in [6, 6.07) is 5.47. The number of nitro benzene ring substituents is 3. The van der Waals surface area contributed by atoms with Gasteiger partial charge in [-0.3, -0.25) is 35.3 Å². The molecule has 152 valence electrons. The predicted octanol–water partition coefficient (Wildman–Crippen LogP) is 3.79. The van der Waals surface area contributed by atoms with E-state index in [1.807, 2.05) is 0 Å². The number of aliphatic imine (C=N–C) groups is 1. The first-order valence-electron chi connectivity index (χ1n) is 8.44. The maximum absolute atomic E-state index is 10.4. The molecule has 0 amide bonds. The minimum absolute atomic E-state index is 0.447. The van der Waals surface area contributed by atoms with Crippen LogP contribution in [0.3, 0.4) is 0 Å². The third-order valence-corrected chi connectivity index (χ3v) is 4.50. The van der Waals surface area contributed by atoms with E-state index in [0.717, 1.165) is 13.0 Å². The molecule has 1 aliphatic heterocycles. The molecular weight excluding hydrogens is 384 g/mol. The normalized spacial score (nSPS) is 12.2. The highest BCUT2D eigenvalue weighted by molar-refractivity contribution is 6.01. The van der Waals surface area contributed by atoms with Gasteiger partial charge in [0.25, 0.3) is 11.4 Å². The van der Waals surface area contributed by atoms with Crippen LogP contribution >= 0.6 is 0 Å². The van der Waals surface area contributed by atoms with Gasteiger partial charge in [-0.15, -0.1) is 0 Å². The molecule has 1 aliphatic rings. The summed E-state index contributed by atoms with van der Waals surface area (Å²) < 4.78 is 0. The maximum Gasteiger partial charge on any atom is 0.324 e. The largest absolute Gasteiger partial charge is 0.497 e. The Labute approximate surface area is 164 Å². The molecule has 1 heterocycles. The number of phenols is 1. The van der Waals surface area contributed by atoms with E-state index in [4.69, 9.17) is 5.11 Å². The van der Waals surface area contributed by atoms with Crippen LogP contribution in [-0.2, 0) is 6.42 Å². The molecule has 1 N–H and O–H groups in total. The van der Waals surface area contributed by atoms with E-state index in [1.165, 1.54) is 28.0 Å².